The molecule has 0 aromatic heterocycles. The Kier molecular flexibility index (Phi) is 7.23. The maximum absolute atomic E-state index is 13.0. The summed E-state index contributed by atoms with van der Waals surface area (Å²) in [4.78, 5) is 24.3. The molecule has 1 heterocycles. The number of rotatable bonds is 7. The predicted molar refractivity (Wildman–Crippen MR) is 111 cm³/mol. The van der Waals surface area contributed by atoms with Crippen LogP contribution in [-0.4, -0.2) is 51.0 Å². The third-order valence-electron chi connectivity index (χ3n) is 4.92. The molecule has 8 heteroatoms. The third-order valence-corrected chi connectivity index (χ3v) is 6.96. The van der Waals surface area contributed by atoms with Gasteiger partial charge >= 0.3 is 11.9 Å². The summed E-state index contributed by atoms with van der Waals surface area (Å²) in [5.41, 5.74) is 1.13. The van der Waals surface area contributed by atoms with Crippen LogP contribution in [0.1, 0.15) is 45.5 Å². The van der Waals surface area contributed by atoms with Crippen molar-refractivity contribution in [2.45, 2.75) is 31.1 Å². The van der Waals surface area contributed by atoms with Gasteiger partial charge in [0, 0.05) is 13.1 Å². The predicted octanol–water partition coefficient (Wildman–Crippen LogP) is 3.18. The molecular weight excluding hydrogens is 406 g/mol. The van der Waals surface area contributed by atoms with E-state index in [0.717, 1.165) is 19.3 Å². The van der Waals surface area contributed by atoms with Crippen LogP contribution >= 0.6 is 0 Å². The number of hydrogen-bond acceptors (Lipinski definition) is 6. The lowest BCUT2D eigenvalue weighted by molar-refractivity contribution is 0.0265. The monoisotopic (exact) mass is 431 g/mol. The molecule has 30 heavy (non-hydrogen) atoms. The topological polar surface area (TPSA) is 90.0 Å². The van der Waals surface area contributed by atoms with Crippen molar-refractivity contribution in [1.29, 1.82) is 0 Å². The minimum absolute atomic E-state index is 0.0930. The zero-order valence-electron chi connectivity index (χ0n) is 16.9. The SMILES string of the molecule is Cc1ccc(C(=O)OCCOC(=O)c2ccccc2)cc1S(=O)(=O)N1CCCCC1. The molecule has 2 aromatic carbocycles. The fourth-order valence-corrected chi connectivity index (χ4v) is 5.03. The number of sulfonamides is 1. The van der Waals surface area contributed by atoms with Crippen LogP contribution in [0.3, 0.4) is 0 Å². The van der Waals surface area contributed by atoms with E-state index in [2.05, 4.69) is 0 Å². The smallest absolute Gasteiger partial charge is 0.338 e. The average Bonchev–Trinajstić information content (AvgIpc) is 2.77. The Bertz CT molecular complexity index is 998. The number of aryl methyl sites for hydroxylation is 1. The van der Waals surface area contributed by atoms with E-state index in [1.54, 1.807) is 43.3 Å². The molecule has 0 amide bonds. The van der Waals surface area contributed by atoms with Gasteiger partial charge in [-0.1, -0.05) is 30.7 Å². The van der Waals surface area contributed by atoms with Gasteiger partial charge in [0.05, 0.1) is 16.0 Å². The summed E-state index contributed by atoms with van der Waals surface area (Å²) < 4.78 is 37.6. The highest BCUT2D eigenvalue weighted by Crippen LogP contribution is 2.24. The lowest BCUT2D eigenvalue weighted by Crippen LogP contribution is -2.36. The summed E-state index contributed by atoms with van der Waals surface area (Å²) in [5.74, 6) is -1.17. The quantitative estimate of drug-likeness (QED) is 0.494. The van der Waals surface area contributed by atoms with Gasteiger partial charge in [-0.15, -0.1) is 0 Å². The number of esters is 2. The van der Waals surface area contributed by atoms with Crippen molar-refractivity contribution in [2.75, 3.05) is 26.3 Å². The second-order valence-electron chi connectivity index (χ2n) is 7.08. The van der Waals surface area contributed by atoms with E-state index < -0.39 is 22.0 Å². The fraction of sp³-hybridized carbons (Fsp3) is 0.364. The van der Waals surface area contributed by atoms with Crippen molar-refractivity contribution in [3.8, 4) is 0 Å². The molecule has 0 unspecified atom stereocenters. The van der Waals surface area contributed by atoms with Crippen LogP contribution < -0.4 is 0 Å². The van der Waals surface area contributed by atoms with Crippen molar-refractivity contribution in [2.24, 2.45) is 0 Å². The molecule has 1 aliphatic heterocycles. The van der Waals surface area contributed by atoms with Gasteiger partial charge in [0.25, 0.3) is 0 Å². The molecular formula is C22H25NO6S. The molecule has 3 rings (SSSR count). The van der Waals surface area contributed by atoms with E-state index in [1.807, 2.05) is 0 Å². The molecule has 1 aliphatic rings. The number of carbonyl (C=O) groups is 2. The Morgan fingerprint density at radius 3 is 2.10 bits per heavy atom. The number of carbonyl (C=O) groups excluding carboxylic acids is 2. The standard InChI is InChI=1S/C22H25NO6S/c1-17-10-11-19(16-20(17)30(26,27)23-12-6-3-7-13-23)22(25)29-15-14-28-21(24)18-8-4-2-5-9-18/h2,4-5,8-11,16H,3,6-7,12-15H2,1H3. The highest BCUT2D eigenvalue weighted by Gasteiger charge is 2.28. The van der Waals surface area contributed by atoms with Crippen LogP contribution in [0.5, 0.6) is 0 Å². The average molecular weight is 432 g/mol. The second-order valence-corrected chi connectivity index (χ2v) is 8.99. The van der Waals surface area contributed by atoms with Crippen molar-refractivity contribution in [3.05, 3.63) is 65.2 Å². The van der Waals surface area contributed by atoms with Crippen molar-refractivity contribution >= 4 is 22.0 Å². The Morgan fingerprint density at radius 1 is 0.867 bits per heavy atom. The lowest BCUT2D eigenvalue weighted by atomic mass is 10.1. The molecule has 0 atom stereocenters. The molecule has 2 aromatic rings. The number of hydrogen-bond donors (Lipinski definition) is 0. The first kappa shape index (κ1) is 22.0. The highest BCUT2D eigenvalue weighted by atomic mass is 32.2. The number of nitrogens with zero attached hydrogens (tertiary/aromatic N) is 1. The number of piperidine rings is 1. The minimum atomic E-state index is -3.66. The third kappa shape index (κ3) is 5.25. The molecule has 0 N–H and O–H groups in total. The first-order chi connectivity index (χ1) is 14.4. The Labute approximate surface area is 176 Å². The summed E-state index contributed by atoms with van der Waals surface area (Å²) >= 11 is 0. The van der Waals surface area contributed by atoms with Crippen LogP contribution in [0, 0.1) is 6.92 Å². The zero-order valence-corrected chi connectivity index (χ0v) is 17.7. The molecule has 0 spiro atoms. The largest absolute Gasteiger partial charge is 0.458 e. The van der Waals surface area contributed by atoms with Gasteiger partial charge in [0.2, 0.25) is 10.0 Å². The van der Waals surface area contributed by atoms with E-state index >= 15 is 0 Å². The van der Waals surface area contributed by atoms with E-state index in [0.29, 0.717) is 24.2 Å². The highest BCUT2D eigenvalue weighted by molar-refractivity contribution is 7.89. The van der Waals surface area contributed by atoms with Crippen molar-refractivity contribution in [3.63, 3.8) is 0 Å². The molecule has 1 saturated heterocycles. The van der Waals surface area contributed by atoms with Gasteiger partial charge in [-0.2, -0.15) is 4.31 Å². The summed E-state index contributed by atoms with van der Waals surface area (Å²) in [5, 5.41) is 0. The number of benzene rings is 2. The van der Waals surface area contributed by atoms with Gasteiger partial charge in [0.15, 0.2) is 0 Å². The van der Waals surface area contributed by atoms with Gasteiger partial charge in [-0.25, -0.2) is 18.0 Å². The Hall–Kier alpha value is -2.71. The van der Waals surface area contributed by atoms with Gasteiger partial charge in [-0.3, -0.25) is 0 Å². The summed E-state index contributed by atoms with van der Waals surface area (Å²) in [6.45, 7) is 2.46. The first-order valence-electron chi connectivity index (χ1n) is 9.90. The van der Waals surface area contributed by atoms with Crippen LogP contribution in [0.25, 0.3) is 0 Å². The molecule has 160 valence electrons. The maximum Gasteiger partial charge on any atom is 0.338 e. The maximum atomic E-state index is 13.0. The summed E-state index contributed by atoms with van der Waals surface area (Å²) in [6, 6.07) is 13.0. The first-order valence-corrected chi connectivity index (χ1v) is 11.3. The molecule has 0 saturated carbocycles. The van der Waals surface area contributed by atoms with Crippen LogP contribution in [0.15, 0.2) is 53.4 Å². The van der Waals surface area contributed by atoms with E-state index in [4.69, 9.17) is 9.47 Å². The fourth-order valence-electron chi connectivity index (χ4n) is 3.26. The van der Waals surface area contributed by atoms with Crippen LogP contribution in [0.2, 0.25) is 0 Å². The van der Waals surface area contributed by atoms with Crippen molar-refractivity contribution < 1.29 is 27.5 Å². The van der Waals surface area contributed by atoms with Gasteiger partial charge in [0.1, 0.15) is 13.2 Å². The Morgan fingerprint density at radius 2 is 1.47 bits per heavy atom. The molecule has 1 fully saturated rings. The zero-order chi connectivity index (χ0) is 21.6. The summed E-state index contributed by atoms with van der Waals surface area (Å²) in [7, 11) is -3.66. The summed E-state index contributed by atoms with van der Waals surface area (Å²) in [6.07, 6.45) is 2.69. The van der Waals surface area contributed by atoms with Crippen molar-refractivity contribution in [1.82, 2.24) is 4.31 Å². The normalized spacial score (nSPS) is 14.8. The van der Waals surface area contributed by atoms with Gasteiger partial charge in [-0.05, 0) is 49.6 Å². The van der Waals surface area contributed by atoms with E-state index in [-0.39, 0.29) is 23.7 Å². The molecule has 0 radical (unpaired) electrons. The molecule has 0 bridgehead atoms. The lowest BCUT2D eigenvalue weighted by Gasteiger charge is -2.26. The molecule has 7 nitrogen and oxygen atoms in total. The van der Waals surface area contributed by atoms with Crippen LogP contribution in [0.4, 0.5) is 0 Å². The van der Waals surface area contributed by atoms with Gasteiger partial charge < -0.3 is 9.47 Å². The van der Waals surface area contributed by atoms with Crippen LogP contribution in [-0.2, 0) is 19.5 Å². The van der Waals surface area contributed by atoms with E-state index in [9.17, 15) is 18.0 Å². The second kappa shape index (κ2) is 9.86. The Balaban J connectivity index is 1.60. The molecule has 0 aliphatic carbocycles. The van der Waals surface area contributed by atoms with E-state index in [1.165, 1.54) is 16.4 Å². The number of ether oxygens (including phenoxy) is 2. The minimum Gasteiger partial charge on any atom is -0.458 e.